The molecule has 0 saturated heterocycles. The number of rotatable bonds is 2. The topological polar surface area (TPSA) is 56.0 Å². The predicted molar refractivity (Wildman–Crippen MR) is 85.0 cm³/mol. The summed E-state index contributed by atoms with van der Waals surface area (Å²) in [6, 6.07) is 13.7. The number of fused-ring (bicyclic) bond motifs is 1. The summed E-state index contributed by atoms with van der Waals surface area (Å²) in [5.74, 6) is 0.727. The molecule has 0 spiro atoms. The molecule has 4 rings (SSSR count). The first kappa shape index (κ1) is 12.6. The highest BCUT2D eigenvalue weighted by atomic mass is 79.9. The lowest BCUT2D eigenvalue weighted by molar-refractivity contribution is 0.967. The van der Waals surface area contributed by atoms with Crippen molar-refractivity contribution in [2.45, 2.75) is 0 Å². The van der Waals surface area contributed by atoms with Crippen molar-refractivity contribution in [3.8, 4) is 22.1 Å². The molecular weight excluding hydrogens is 350 g/mol. The van der Waals surface area contributed by atoms with E-state index in [4.69, 9.17) is 0 Å². The molecule has 0 amide bonds. The van der Waals surface area contributed by atoms with Crippen molar-refractivity contribution in [3.63, 3.8) is 0 Å². The summed E-state index contributed by atoms with van der Waals surface area (Å²) in [6.45, 7) is 0. The minimum absolute atomic E-state index is 0.727. The maximum Gasteiger partial charge on any atom is 0.235 e. The minimum Gasteiger partial charge on any atom is -0.254 e. The zero-order valence-corrected chi connectivity index (χ0v) is 13.0. The minimum atomic E-state index is 0.727. The summed E-state index contributed by atoms with van der Waals surface area (Å²) >= 11 is 4.94. The predicted octanol–water partition coefficient (Wildman–Crippen LogP) is 3.68. The molecule has 102 valence electrons. The Balaban J connectivity index is 1.87. The molecule has 0 bridgehead atoms. The third-order valence-corrected chi connectivity index (χ3v) is 4.37. The molecule has 7 heteroatoms. The Kier molecular flexibility index (Phi) is 3.01. The van der Waals surface area contributed by atoms with Crippen LogP contribution in [-0.2, 0) is 0 Å². The van der Waals surface area contributed by atoms with Crippen LogP contribution >= 0.6 is 27.3 Å². The van der Waals surface area contributed by atoms with Gasteiger partial charge in [-0.15, -0.1) is 10.2 Å². The smallest absolute Gasteiger partial charge is 0.235 e. The van der Waals surface area contributed by atoms with Gasteiger partial charge in [0.2, 0.25) is 4.96 Å². The maximum atomic E-state index is 4.58. The van der Waals surface area contributed by atoms with E-state index >= 15 is 0 Å². The largest absolute Gasteiger partial charge is 0.254 e. The first-order chi connectivity index (χ1) is 10.3. The van der Waals surface area contributed by atoms with Crippen LogP contribution in [0.2, 0.25) is 0 Å². The molecule has 0 atom stereocenters. The van der Waals surface area contributed by atoms with Crippen molar-refractivity contribution in [3.05, 3.63) is 53.1 Å². The Morgan fingerprint density at radius 1 is 1.05 bits per heavy atom. The molecule has 0 radical (unpaired) electrons. The zero-order valence-electron chi connectivity index (χ0n) is 10.6. The first-order valence-electron chi connectivity index (χ1n) is 6.21. The van der Waals surface area contributed by atoms with Crippen LogP contribution in [0.3, 0.4) is 0 Å². The molecule has 5 nitrogen and oxygen atoms in total. The molecule has 0 unspecified atom stereocenters. The van der Waals surface area contributed by atoms with E-state index in [1.807, 2.05) is 42.5 Å². The van der Waals surface area contributed by atoms with Crippen LogP contribution in [0.25, 0.3) is 27.1 Å². The summed E-state index contributed by atoms with van der Waals surface area (Å²) in [6.07, 6.45) is 1.76. The van der Waals surface area contributed by atoms with E-state index in [9.17, 15) is 0 Å². The lowest BCUT2D eigenvalue weighted by Gasteiger charge is -1.97. The number of benzene rings is 1. The van der Waals surface area contributed by atoms with E-state index < -0.39 is 0 Å². The van der Waals surface area contributed by atoms with Crippen molar-refractivity contribution in [1.29, 1.82) is 0 Å². The van der Waals surface area contributed by atoms with Crippen LogP contribution in [0.1, 0.15) is 0 Å². The number of nitrogens with zero attached hydrogens (tertiary/aromatic N) is 5. The summed E-state index contributed by atoms with van der Waals surface area (Å²) in [5, 5.41) is 13.8. The van der Waals surface area contributed by atoms with Crippen molar-refractivity contribution in [1.82, 2.24) is 24.8 Å². The van der Waals surface area contributed by atoms with E-state index in [2.05, 4.69) is 36.2 Å². The third kappa shape index (κ3) is 2.24. The van der Waals surface area contributed by atoms with Crippen molar-refractivity contribution in [2.24, 2.45) is 0 Å². The number of halogens is 1. The van der Waals surface area contributed by atoms with Crippen LogP contribution in [-0.4, -0.2) is 24.8 Å². The Morgan fingerprint density at radius 3 is 2.81 bits per heavy atom. The standard InChI is InChI=1S/C14H8BrN5S/c15-10-5-3-4-9(8-10)12-17-18-14-20(12)19-13(21-14)11-6-1-2-7-16-11/h1-8H. The van der Waals surface area contributed by atoms with Gasteiger partial charge in [-0.2, -0.15) is 9.61 Å². The van der Waals surface area contributed by atoms with Gasteiger partial charge in [-0.1, -0.05) is 45.5 Å². The van der Waals surface area contributed by atoms with Gasteiger partial charge < -0.3 is 0 Å². The van der Waals surface area contributed by atoms with E-state index in [0.29, 0.717) is 0 Å². The van der Waals surface area contributed by atoms with Crippen molar-refractivity contribution < 1.29 is 0 Å². The molecule has 0 aliphatic carbocycles. The molecule has 0 fully saturated rings. The lowest BCUT2D eigenvalue weighted by atomic mass is 10.2. The molecule has 1 aromatic carbocycles. The van der Waals surface area contributed by atoms with Crippen molar-refractivity contribution >= 4 is 32.2 Å². The maximum absolute atomic E-state index is 4.58. The summed E-state index contributed by atoms with van der Waals surface area (Å²) in [4.78, 5) is 5.07. The highest BCUT2D eigenvalue weighted by Gasteiger charge is 2.14. The second kappa shape index (κ2) is 5.01. The SMILES string of the molecule is Brc1cccc(-c2nnc3sc(-c4ccccn4)nn23)c1. The van der Waals surface area contributed by atoms with Crippen LogP contribution in [0.4, 0.5) is 0 Å². The van der Waals surface area contributed by atoms with Gasteiger partial charge in [0, 0.05) is 16.2 Å². The molecule has 0 aliphatic rings. The molecule has 0 saturated carbocycles. The quantitative estimate of drug-likeness (QED) is 0.549. The molecule has 4 aromatic rings. The summed E-state index contributed by atoms with van der Waals surface area (Å²) < 4.78 is 2.76. The monoisotopic (exact) mass is 357 g/mol. The second-order valence-electron chi connectivity index (χ2n) is 4.35. The normalized spacial score (nSPS) is 11.1. The van der Waals surface area contributed by atoms with Gasteiger partial charge >= 0.3 is 0 Å². The molecule has 21 heavy (non-hydrogen) atoms. The molecule has 0 aliphatic heterocycles. The van der Waals surface area contributed by atoms with Gasteiger partial charge in [-0.05, 0) is 24.3 Å². The van der Waals surface area contributed by atoms with Crippen LogP contribution in [0.5, 0.6) is 0 Å². The fraction of sp³-hybridized carbons (Fsp3) is 0. The third-order valence-electron chi connectivity index (χ3n) is 2.96. The number of hydrogen-bond donors (Lipinski definition) is 0. The average Bonchev–Trinajstić information content (AvgIpc) is 3.08. The van der Waals surface area contributed by atoms with Crippen LogP contribution in [0.15, 0.2) is 53.1 Å². The van der Waals surface area contributed by atoms with Crippen LogP contribution < -0.4 is 0 Å². The number of pyridine rings is 1. The highest BCUT2D eigenvalue weighted by Crippen LogP contribution is 2.27. The summed E-state index contributed by atoms with van der Waals surface area (Å²) in [5.41, 5.74) is 1.81. The fourth-order valence-corrected chi connectivity index (χ4v) is 3.23. The Labute approximate surface area is 132 Å². The Morgan fingerprint density at radius 2 is 2.00 bits per heavy atom. The van der Waals surface area contributed by atoms with E-state index in [1.165, 1.54) is 11.3 Å². The zero-order chi connectivity index (χ0) is 14.2. The second-order valence-corrected chi connectivity index (χ2v) is 6.22. The fourth-order valence-electron chi connectivity index (χ4n) is 2.02. The van der Waals surface area contributed by atoms with Crippen molar-refractivity contribution in [2.75, 3.05) is 0 Å². The molecule has 3 aromatic heterocycles. The van der Waals surface area contributed by atoms with Gasteiger partial charge in [0.05, 0.1) is 0 Å². The van der Waals surface area contributed by atoms with E-state index in [-0.39, 0.29) is 0 Å². The summed E-state index contributed by atoms with van der Waals surface area (Å²) in [7, 11) is 0. The Hall–Kier alpha value is -2.12. The molecule has 0 N–H and O–H groups in total. The number of hydrogen-bond acceptors (Lipinski definition) is 5. The van der Waals surface area contributed by atoms with E-state index in [1.54, 1.807) is 10.7 Å². The first-order valence-corrected chi connectivity index (χ1v) is 7.82. The average molecular weight is 358 g/mol. The highest BCUT2D eigenvalue weighted by molar-refractivity contribution is 9.10. The number of aromatic nitrogens is 5. The van der Waals surface area contributed by atoms with Gasteiger partial charge in [-0.3, -0.25) is 4.98 Å². The molecular formula is C14H8BrN5S. The van der Waals surface area contributed by atoms with Gasteiger partial charge in [0.25, 0.3) is 0 Å². The molecule has 3 heterocycles. The van der Waals surface area contributed by atoms with E-state index in [0.717, 1.165) is 31.5 Å². The van der Waals surface area contributed by atoms with Crippen LogP contribution in [0, 0.1) is 0 Å². The van der Waals surface area contributed by atoms with Gasteiger partial charge in [0.1, 0.15) is 5.69 Å². The van der Waals surface area contributed by atoms with Gasteiger partial charge in [0.15, 0.2) is 10.8 Å². The Bertz CT molecular complexity index is 915. The van der Waals surface area contributed by atoms with Gasteiger partial charge in [-0.25, -0.2) is 0 Å². The lowest BCUT2D eigenvalue weighted by Crippen LogP contribution is -1.91.